The molecule has 2 N–H and O–H groups in total. The van der Waals surface area contributed by atoms with Gasteiger partial charge in [0.05, 0.1) is 7.11 Å². The van der Waals surface area contributed by atoms with E-state index in [4.69, 9.17) is 10.5 Å². The zero-order valence-electron chi connectivity index (χ0n) is 12.4. The minimum Gasteiger partial charge on any atom is -0.497 e. The summed E-state index contributed by atoms with van der Waals surface area (Å²) in [5.74, 6) is 0.729. The van der Waals surface area contributed by atoms with E-state index in [0.717, 1.165) is 17.0 Å². The lowest BCUT2D eigenvalue weighted by Gasteiger charge is -2.19. The molecule has 0 fully saturated rings. The predicted molar refractivity (Wildman–Crippen MR) is 84.9 cm³/mol. The second kappa shape index (κ2) is 6.90. The van der Waals surface area contributed by atoms with E-state index in [9.17, 15) is 4.79 Å². The normalized spacial score (nSPS) is 10.2. The average Bonchev–Trinajstić information content (AvgIpc) is 2.54. The fraction of sp³-hybridized carbons (Fsp3) is 0.235. The highest BCUT2D eigenvalue weighted by atomic mass is 16.5. The summed E-state index contributed by atoms with van der Waals surface area (Å²) in [4.78, 5) is 14.3. The van der Waals surface area contributed by atoms with E-state index in [0.29, 0.717) is 18.5 Å². The lowest BCUT2D eigenvalue weighted by Crippen LogP contribution is -2.27. The van der Waals surface area contributed by atoms with Crippen molar-refractivity contribution in [1.82, 2.24) is 0 Å². The highest BCUT2D eigenvalue weighted by molar-refractivity contribution is 6.06. The second-order valence-corrected chi connectivity index (χ2v) is 4.76. The Kier molecular flexibility index (Phi) is 4.95. The quantitative estimate of drug-likeness (QED) is 0.917. The summed E-state index contributed by atoms with van der Waals surface area (Å²) in [5.41, 5.74) is 8.11. The monoisotopic (exact) mass is 284 g/mol. The first kappa shape index (κ1) is 15.1. The van der Waals surface area contributed by atoms with E-state index in [1.54, 1.807) is 19.1 Å². The van der Waals surface area contributed by atoms with Crippen LogP contribution in [0.4, 0.5) is 5.69 Å². The van der Waals surface area contributed by atoms with Crippen LogP contribution < -0.4 is 15.4 Å². The van der Waals surface area contributed by atoms with Crippen LogP contribution in [0.3, 0.4) is 0 Å². The topological polar surface area (TPSA) is 55.6 Å². The van der Waals surface area contributed by atoms with Crippen LogP contribution in [0.25, 0.3) is 0 Å². The number of amides is 1. The lowest BCUT2D eigenvalue weighted by molar-refractivity contribution is 0.0992. The Morgan fingerprint density at radius 3 is 2.43 bits per heavy atom. The number of benzene rings is 2. The van der Waals surface area contributed by atoms with E-state index < -0.39 is 0 Å². The third kappa shape index (κ3) is 3.41. The summed E-state index contributed by atoms with van der Waals surface area (Å²) in [6.07, 6.45) is 0.693. The van der Waals surface area contributed by atoms with Crippen LogP contribution in [0.15, 0.2) is 48.5 Å². The molecular weight excluding hydrogens is 264 g/mol. The summed E-state index contributed by atoms with van der Waals surface area (Å²) < 4.78 is 5.13. The molecule has 110 valence electrons. The van der Waals surface area contributed by atoms with E-state index in [2.05, 4.69) is 0 Å². The fourth-order valence-electron chi connectivity index (χ4n) is 2.21. The lowest BCUT2D eigenvalue weighted by atomic mass is 10.0. The minimum atomic E-state index is -0.0378. The predicted octanol–water partition coefficient (Wildman–Crippen LogP) is 2.47. The third-order valence-electron chi connectivity index (χ3n) is 3.43. The molecule has 0 saturated carbocycles. The molecule has 0 saturated heterocycles. The van der Waals surface area contributed by atoms with Gasteiger partial charge in [-0.25, -0.2) is 0 Å². The number of rotatable bonds is 5. The first-order chi connectivity index (χ1) is 10.2. The summed E-state index contributed by atoms with van der Waals surface area (Å²) in [7, 11) is 3.39. The molecule has 2 aromatic carbocycles. The van der Waals surface area contributed by atoms with Gasteiger partial charge in [0.1, 0.15) is 5.75 Å². The Balaban J connectivity index is 2.26. The molecule has 1 amide bonds. The standard InChI is InChI=1S/C17H20N2O2/c1-19(14-7-9-15(21-2)10-8-14)17(20)16-6-4-3-5-13(16)11-12-18/h3-10H,11-12,18H2,1-2H3. The first-order valence-corrected chi connectivity index (χ1v) is 6.87. The van der Waals surface area contributed by atoms with Crippen LogP contribution in [-0.4, -0.2) is 26.6 Å². The van der Waals surface area contributed by atoms with Gasteiger partial charge in [0.2, 0.25) is 0 Å². The molecule has 4 nitrogen and oxygen atoms in total. The van der Waals surface area contributed by atoms with Crippen LogP contribution in [-0.2, 0) is 6.42 Å². The highest BCUT2D eigenvalue weighted by Gasteiger charge is 2.16. The zero-order chi connectivity index (χ0) is 15.2. The Labute approximate surface area is 125 Å². The van der Waals surface area contributed by atoms with Crippen molar-refractivity contribution in [2.45, 2.75) is 6.42 Å². The first-order valence-electron chi connectivity index (χ1n) is 6.87. The molecule has 0 radical (unpaired) electrons. The highest BCUT2D eigenvalue weighted by Crippen LogP contribution is 2.21. The smallest absolute Gasteiger partial charge is 0.258 e. The molecule has 0 aromatic heterocycles. The van der Waals surface area contributed by atoms with Gasteiger partial charge in [0.15, 0.2) is 0 Å². The molecule has 0 spiro atoms. The molecule has 0 heterocycles. The number of methoxy groups -OCH3 is 1. The molecule has 2 aromatic rings. The summed E-state index contributed by atoms with van der Waals surface area (Å²) >= 11 is 0. The van der Waals surface area contributed by atoms with Gasteiger partial charge in [-0.3, -0.25) is 4.79 Å². The molecule has 0 unspecified atom stereocenters. The van der Waals surface area contributed by atoms with Gasteiger partial charge < -0.3 is 15.4 Å². The van der Waals surface area contributed by atoms with Gasteiger partial charge in [-0.2, -0.15) is 0 Å². The number of carbonyl (C=O) groups excluding carboxylic acids is 1. The maximum atomic E-state index is 12.6. The van der Waals surface area contributed by atoms with Crippen molar-refractivity contribution in [2.75, 3.05) is 25.6 Å². The summed E-state index contributed by atoms with van der Waals surface area (Å²) in [5, 5.41) is 0. The van der Waals surface area contributed by atoms with Crippen LogP contribution >= 0.6 is 0 Å². The fourth-order valence-corrected chi connectivity index (χ4v) is 2.21. The molecule has 0 aliphatic carbocycles. The number of anilines is 1. The minimum absolute atomic E-state index is 0.0378. The van der Waals surface area contributed by atoms with Gasteiger partial charge in [-0.05, 0) is 48.9 Å². The van der Waals surface area contributed by atoms with Crippen molar-refractivity contribution in [3.63, 3.8) is 0 Å². The van der Waals surface area contributed by atoms with Crippen molar-refractivity contribution >= 4 is 11.6 Å². The molecule has 0 atom stereocenters. The number of hydrogen-bond acceptors (Lipinski definition) is 3. The maximum absolute atomic E-state index is 12.6. The SMILES string of the molecule is COc1ccc(N(C)C(=O)c2ccccc2CCN)cc1. The Bertz CT molecular complexity index is 608. The maximum Gasteiger partial charge on any atom is 0.258 e. The second-order valence-electron chi connectivity index (χ2n) is 4.76. The number of carbonyl (C=O) groups is 1. The van der Waals surface area contributed by atoms with Crippen LogP contribution in [0.2, 0.25) is 0 Å². The molecule has 0 bridgehead atoms. The molecule has 21 heavy (non-hydrogen) atoms. The largest absolute Gasteiger partial charge is 0.497 e. The van der Waals surface area contributed by atoms with Gasteiger partial charge >= 0.3 is 0 Å². The van der Waals surface area contributed by atoms with Crippen LogP contribution in [0, 0.1) is 0 Å². The number of hydrogen-bond donors (Lipinski definition) is 1. The Hall–Kier alpha value is -2.33. The van der Waals surface area contributed by atoms with Crippen molar-refractivity contribution in [2.24, 2.45) is 5.73 Å². The zero-order valence-corrected chi connectivity index (χ0v) is 12.4. The van der Waals surface area contributed by atoms with Gasteiger partial charge in [-0.15, -0.1) is 0 Å². The molecule has 4 heteroatoms. The van der Waals surface area contributed by atoms with Gasteiger partial charge in [-0.1, -0.05) is 18.2 Å². The number of nitrogens with two attached hydrogens (primary N) is 1. The molecular formula is C17H20N2O2. The van der Waals surface area contributed by atoms with E-state index in [1.165, 1.54) is 0 Å². The van der Waals surface area contributed by atoms with E-state index in [1.807, 2.05) is 48.5 Å². The van der Waals surface area contributed by atoms with E-state index >= 15 is 0 Å². The van der Waals surface area contributed by atoms with Crippen molar-refractivity contribution in [3.8, 4) is 5.75 Å². The molecule has 2 rings (SSSR count). The Morgan fingerprint density at radius 1 is 1.14 bits per heavy atom. The average molecular weight is 284 g/mol. The summed E-state index contributed by atoms with van der Waals surface area (Å²) in [6, 6.07) is 15.0. The van der Waals surface area contributed by atoms with Crippen molar-refractivity contribution in [3.05, 3.63) is 59.7 Å². The van der Waals surface area contributed by atoms with E-state index in [-0.39, 0.29) is 5.91 Å². The Morgan fingerprint density at radius 2 is 1.81 bits per heavy atom. The van der Waals surface area contributed by atoms with Crippen molar-refractivity contribution in [1.29, 1.82) is 0 Å². The summed E-state index contributed by atoms with van der Waals surface area (Å²) in [6.45, 7) is 0.524. The number of nitrogens with zero attached hydrogens (tertiary/aromatic N) is 1. The van der Waals surface area contributed by atoms with Crippen LogP contribution in [0.5, 0.6) is 5.75 Å². The number of ether oxygens (including phenoxy) is 1. The van der Waals surface area contributed by atoms with Gasteiger partial charge in [0.25, 0.3) is 5.91 Å². The molecule has 0 aliphatic rings. The van der Waals surface area contributed by atoms with Crippen LogP contribution in [0.1, 0.15) is 15.9 Å². The third-order valence-corrected chi connectivity index (χ3v) is 3.43. The van der Waals surface area contributed by atoms with Gasteiger partial charge in [0, 0.05) is 18.3 Å². The van der Waals surface area contributed by atoms with Crippen molar-refractivity contribution < 1.29 is 9.53 Å². The molecule has 0 aliphatic heterocycles.